The van der Waals surface area contributed by atoms with Gasteiger partial charge in [-0.15, -0.1) is 0 Å². The molecule has 3 N–H and O–H groups in total. The zero-order valence-electron chi connectivity index (χ0n) is 9.66. The highest BCUT2D eigenvalue weighted by molar-refractivity contribution is 7.99. The van der Waals surface area contributed by atoms with Gasteiger partial charge in [0.1, 0.15) is 17.2 Å². The average molecular weight is 268 g/mol. The summed E-state index contributed by atoms with van der Waals surface area (Å²) in [5.74, 6) is 1.83. The van der Waals surface area contributed by atoms with E-state index >= 15 is 0 Å². The minimum atomic E-state index is 0.447. The molecule has 0 saturated heterocycles. The highest BCUT2D eigenvalue weighted by Crippen LogP contribution is 2.43. The largest absolute Gasteiger partial charge is 0.383 e. The molecule has 0 fully saturated rings. The number of nitrogens with zero attached hydrogens (tertiary/aromatic N) is 4. The maximum atomic E-state index is 5.85. The van der Waals surface area contributed by atoms with Gasteiger partial charge in [-0.05, 0) is 12.1 Å². The number of nitrogen functional groups attached to an aromatic ring is 1. The molecule has 0 unspecified atom stereocenters. The van der Waals surface area contributed by atoms with Crippen LogP contribution in [0, 0.1) is 0 Å². The Kier molecular flexibility index (Phi) is 2.10. The number of hydrogen-bond acceptors (Lipinski definition) is 7. The van der Waals surface area contributed by atoms with Crippen molar-refractivity contribution in [1.82, 2.24) is 19.9 Å². The second kappa shape index (κ2) is 3.79. The van der Waals surface area contributed by atoms with Gasteiger partial charge in [0.25, 0.3) is 0 Å². The van der Waals surface area contributed by atoms with E-state index in [9.17, 15) is 0 Å². The van der Waals surface area contributed by atoms with Crippen LogP contribution >= 0.6 is 11.8 Å². The van der Waals surface area contributed by atoms with E-state index in [1.54, 1.807) is 0 Å². The molecule has 0 radical (unpaired) electrons. The van der Waals surface area contributed by atoms with Gasteiger partial charge < -0.3 is 11.1 Å². The molecule has 1 aromatic carbocycles. The fourth-order valence-corrected chi connectivity index (χ4v) is 2.81. The summed E-state index contributed by atoms with van der Waals surface area (Å²) in [6, 6.07) is 7.74. The molecule has 92 valence electrons. The third-order valence-electron chi connectivity index (χ3n) is 2.81. The van der Waals surface area contributed by atoms with Gasteiger partial charge in [-0.2, -0.15) is 0 Å². The van der Waals surface area contributed by atoms with Gasteiger partial charge in [-0.1, -0.05) is 23.9 Å². The smallest absolute Gasteiger partial charge is 0.165 e. The van der Waals surface area contributed by atoms with Crippen molar-refractivity contribution in [3.05, 3.63) is 30.6 Å². The number of fused-ring (bicyclic) bond motifs is 3. The van der Waals surface area contributed by atoms with Crippen molar-refractivity contribution in [1.29, 1.82) is 0 Å². The lowest BCUT2D eigenvalue weighted by Gasteiger charge is -2.18. The number of hydrogen-bond donors (Lipinski definition) is 2. The summed E-state index contributed by atoms with van der Waals surface area (Å²) in [6.45, 7) is 0. The van der Waals surface area contributed by atoms with Crippen molar-refractivity contribution >= 4 is 40.2 Å². The van der Waals surface area contributed by atoms with E-state index in [4.69, 9.17) is 5.73 Å². The van der Waals surface area contributed by atoms with Crippen molar-refractivity contribution in [2.45, 2.75) is 9.92 Å². The van der Waals surface area contributed by atoms with Crippen LogP contribution in [0.25, 0.3) is 11.0 Å². The Morgan fingerprint density at radius 3 is 2.63 bits per heavy atom. The maximum Gasteiger partial charge on any atom is 0.165 e. The first-order valence-electron chi connectivity index (χ1n) is 5.63. The zero-order chi connectivity index (χ0) is 12.8. The average Bonchev–Trinajstić information content (AvgIpc) is 2.44. The molecule has 7 heteroatoms. The Labute approximate surface area is 112 Å². The van der Waals surface area contributed by atoms with Crippen molar-refractivity contribution < 1.29 is 0 Å². The Morgan fingerprint density at radius 1 is 1.00 bits per heavy atom. The lowest BCUT2D eigenvalue weighted by molar-refractivity contribution is 1.05. The third-order valence-corrected chi connectivity index (χ3v) is 3.89. The Morgan fingerprint density at radius 2 is 1.79 bits per heavy atom. The number of benzene rings is 1. The number of nitrogens with one attached hydrogen (secondary N) is 1. The topological polar surface area (TPSA) is 89.6 Å². The minimum absolute atomic E-state index is 0.447. The molecule has 19 heavy (non-hydrogen) atoms. The van der Waals surface area contributed by atoms with Gasteiger partial charge in [-0.25, -0.2) is 19.9 Å². The minimum Gasteiger partial charge on any atom is -0.383 e. The first-order valence-corrected chi connectivity index (χ1v) is 6.45. The standard InChI is InChI=1S/C12H8N6S/c13-9-8-10(15-5-14-9)18-11-12(19-8)17-7-4-2-1-3-6(7)16-11/h1-5H,(H3,13,14,15,16,18). The first-order chi connectivity index (χ1) is 9.31. The van der Waals surface area contributed by atoms with Crippen LogP contribution in [0.5, 0.6) is 0 Å². The third kappa shape index (κ3) is 1.59. The van der Waals surface area contributed by atoms with Crippen LogP contribution in [-0.4, -0.2) is 19.9 Å². The summed E-state index contributed by atoms with van der Waals surface area (Å²) in [5.41, 5.74) is 7.55. The monoisotopic (exact) mass is 268 g/mol. The molecule has 3 heterocycles. The number of para-hydroxylation sites is 2. The summed E-state index contributed by atoms with van der Waals surface area (Å²) in [4.78, 5) is 18.1. The van der Waals surface area contributed by atoms with Gasteiger partial charge in [0.15, 0.2) is 11.6 Å². The lowest BCUT2D eigenvalue weighted by atomic mass is 10.3. The predicted molar refractivity (Wildman–Crippen MR) is 73.4 cm³/mol. The Bertz CT molecular complexity index is 803. The lowest BCUT2D eigenvalue weighted by Crippen LogP contribution is -2.08. The number of rotatable bonds is 0. The molecular formula is C12H8N6S. The second-order valence-corrected chi connectivity index (χ2v) is 5.03. The summed E-state index contributed by atoms with van der Waals surface area (Å²) in [6.07, 6.45) is 1.43. The normalized spacial score (nSPS) is 12.6. The van der Waals surface area contributed by atoms with E-state index < -0.39 is 0 Å². The number of anilines is 3. The van der Waals surface area contributed by atoms with E-state index in [0.717, 1.165) is 21.0 Å². The van der Waals surface area contributed by atoms with Crippen molar-refractivity contribution in [3.63, 3.8) is 0 Å². The van der Waals surface area contributed by atoms with Crippen LogP contribution in [0.4, 0.5) is 17.5 Å². The van der Waals surface area contributed by atoms with E-state index in [2.05, 4.69) is 25.3 Å². The van der Waals surface area contributed by atoms with Crippen LogP contribution in [-0.2, 0) is 0 Å². The zero-order valence-corrected chi connectivity index (χ0v) is 10.5. The van der Waals surface area contributed by atoms with Gasteiger partial charge >= 0.3 is 0 Å². The summed E-state index contributed by atoms with van der Waals surface area (Å²) < 4.78 is 0. The highest BCUT2D eigenvalue weighted by Gasteiger charge is 2.22. The second-order valence-electron chi connectivity index (χ2n) is 4.03. The summed E-state index contributed by atoms with van der Waals surface area (Å²) in [7, 11) is 0. The molecule has 0 atom stereocenters. The molecule has 6 nitrogen and oxygen atoms in total. The molecule has 2 aromatic heterocycles. The van der Waals surface area contributed by atoms with Crippen LogP contribution in [0.1, 0.15) is 0 Å². The van der Waals surface area contributed by atoms with Crippen molar-refractivity contribution in [2.24, 2.45) is 0 Å². The molecule has 1 aliphatic heterocycles. The maximum absolute atomic E-state index is 5.85. The van der Waals surface area contributed by atoms with Gasteiger partial charge in [0.05, 0.1) is 15.9 Å². The van der Waals surface area contributed by atoms with E-state index in [-0.39, 0.29) is 0 Å². The van der Waals surface area contributed by atoms with Gasteiger partial charge in [-0.3, -0.25) is 0 Å². The highest BCUT2D eigenvalue weighted by atomic mass is 32.2. The number of aromatic nitrogens is 4. The molecule has 0 bridgehead atoms. The molecule has 3 aromatic rings. The molecule has 0 aliphatic carbocycles. The summed E-state index contributed by atoms with van der Waals surface area (Å²) >= 11 is 1.44. The quantitative estimate of drug-likeness (QED) is 0.505. The first kappa shape index (κ1) is 10.5. The fourth-order valence-electron chi connectivity index (χ4n) is 1.92. The Hall–Kier alpha value is -2.41. The predicted octanol–water partition coefficient (Wildman–Crippen LogP) is 2.21. The van der Waals surface area contributed by atoms with E-state index in [1.165, 1.54) is 18.1 Å². The van der Waals surface area contributed by atoms with E-state index in [0.29, 0.717) is 17.5 Å². The Balaban J connectivity index is 1.93. The van der Waals surface area contributed by atoms with E-state index in [1.807, 2.05) is 24.3 Å². The van der Waals surface area contributed by atoms with Crippen LogP contribution in [0.3, 0.4) is 0 Å². The molecule has 4 rings (SSSR count). The molecular weight excluding hydrogens is 260 g/mol. The van der Waals surface area contributed by atoms with Crippen LogP contribution in [0.15, 0.2) is 40.5 Å². The number of nitrogens with two attached hydrogens (primary N) is 1. The molecule has 0 amide bonds. The SMILES string of the molecule is Nc1ncnc2c1Sc1nc3ccccc3nc1N2. The van der Waals surface area contributed by atoms with Gasteiger partial charge in [0, 0.05) is 0 Å². The van der Waals surface area contributed by atoms with Crippen molar-refractivity contribution in [3.8, 4) is 0 Å². The fraction of sp³-hybridized carbons (Fsp3) is 0. The molecule has 1 aliphatic rings. The molecule has 0 spiro atoms. The van der Waals surface area contributed by atoms with Crippen LogP contribution in [0.2, 0.25) is 0 Å². The molecule has 0 saturated carbocycles. The van der Waals surface area contributed by atoms with Crippen LogP contribution < -0.4 is 11.1 Å². The summed E-state index contributed by atoms with van der Waals surface area (Å²) in [5, 5.41) is 3.93. The van der Waals surface area contributed by atoms with Crippen molar-refractivity contribution in [2.75, 3.05) is 11.1 Å². The van der Waals surface area contributed by atoms with Gasteiger partial charge in [0.2, 0.25) is 0 Å².